The molecule has 1 unspecified atom stereocenters. The maximum atomic E-state index is 11.9. The lowest BCUT2D eigenvalue weighted by Gasteiger charge is -2.17. The first-order valence-corrected chi connectivity index (χ1v) is 5.71. The Kier molecular flexibility index (Phi) is 6.07. The van der Waals surface area contributed by atoms with Gasteiger partial charge in [-0.3, -0.25) is 0 Å². The molecule has 0 spiro atoms. The molecule has 0 saturated carbocycles. The van der Waals surface area contributed by atoms with Gasteiger partial charge < -0.3 is 14.6 Å². The van der Waals surface area contributed by atoms with Crippen molar-refractivity contribution in [2.45, 2.75) is 25.8 Å². The molecule has 6 heteroatoms. The lowest BCUT2D eigenvalue weighted by atomic mass is 10.2. The van der Waals surface area contributed by atoms with Crippen molar-refractivity contribution >= 4 is 0 Å². The van der Waals surface area contributed by atoms with E-state index in [0.717, 1.165) is 12.4 Å². The summed E-state index contributed by atoms with van der Waals surface area (Å²) in [5.74, 6) is 0.896. The smallest absolute Gasteiger partial charge is 0.261 e. The van der Waals surface area contributed by atoms with E-state index < -0.39 is 13.0 Å². The molecule has 1 atom stereocenters. The average Bonchev–Trinajstić information content (AvgIpc) is 2.69. The molecule has 0 fully saturated rings. The van der Waals surface area contributed by atoms with Crippen LogP contribution < -0.4 is 5.32 Å². The van der Waals surface area contributed by atoms with E-state index in [1.807, 2.05) is 24.7 Å². The summed E-state index contributed by atoms with van der Waals surface area (Å²) in [6.07, 6.45) is 1.81. The van der Waals surface area contributed by atoms with Gasteiger partial charge in [-0.05, 0) is 13.0 Å². The Labute approximate surface area is 100.0 Å². The molecule has 1 aromatic rings. The highest BCUT2D eigenvalue weighted by Crippen LogP contribution is 2.14. The molecule has 0 aliphatic heterocycles. The molecule has 98 valence electrons. The maximum Gasteiger partial charge on any atom is 0.261 e. The molecule has 0 radical (unpaired) electrons. The molecule has 1 heterocycles. The molecule has 1 rings (SSSR count). The van der Waals surface area contributed by atoms with Gasteiger partial charge in [-0.1, -0.05) is 6.92 Å². The normalized spacial score (nSPS) is 13.2. The number of ether oxygens (including phenoxy) is 1. The van der Waals surface area contributed by atoms with E-state index in [-0.39, 0.29) is 6.04 Å². The summed E-state index contributed by atoms with van der Waals surface area (Å²) in [5, 5.41) is 3.26. The first kappa shape index (κ1) is 14.1. The third-order valence-electron chi connectivity index (χ3n) is 2.42. The molecular formula is C11H19F2N3O. The Balaban J connectivity index is 2.41. The SMILES string of the molecule is CCNC(CCOCC(F)F)c1nccn1C. The Morgan fingerprint density at radius 2 is 2.29 bits per heavy atom. The van der Waals surface area contributed by atoms with E-state index >= 15 is 0 Å². The minimum absolute atomic E-state index is 0.0395. The highest BCUT2D eigenvalue weighted by Gasteiger charge is 2.14. The Bertz CT molecular complexity index is 317. The number of alkyl halides is 2. The van der Waals surface area contributed by atoms with E-state index in [2.05, 4.69) is 10.3 Å². The van der Waals surface area contributed by atoms with E-state index in [1.165, 1.54) is 0 Å². The molecule has 0 saturated heterocycles. The van der Waals surface area contributed by atoms with Crippen molar-refractivity contribution in [3.8, 4) is 0 Å². The third kappa shape index (κ3) is 4.79. The van der Waals surface area contributed by atoms with Crippen molar-refractivity contribution in [3.05, 3.63) is 18.2 Å². The van der Waals surface area contributed by atoms with Crippen molar-refractivity contribution in [2.24, 2.45) is 7.05 Å². The van der Waals surface area contributed by atoms with Crippen LogP contribution in [-0.2, 0) is 11.8 Å². The minimum Gasteiger partial charge on any atom is -0.375 e. The number of imidazole rings is 1. The quantitative estimate of drug-likeness (QED) is 0.711. The van der Waals surface area contributed by atoms with Crippen molar-refractivity contribution in [1.82, 2.24) is 14.9 Å². The number of halogens is 2. The molecule has 1 N–H and O–H groups in total. The number of hydrogen-bond acceptors (Lipinski definition) is 3. The fourth-order valence-corrected chi connectivity index (χ4v) is 1.66. The first-order valence-electron chi connectivity index (χ1n) is 5.71. The van der Waals surface area contributed by atoms with Crippen molar-refractivity contribution in [3.63, 3.8) is 0 Å². The first-order chi connectivity index (χ1) is 8.15. The summed E-state index contributed by atoms with van der Waals surface area (Å²) in [6, 6.07) is 0.0395. The Morgan fingerprint density at radius 1 is 1.53 bits per heavy atom. The molecule has 0 aliphatic carbocycles. The van der Waals surface area contributed by atoms with Gasteiger partial charge in [-0.25, -0.2) is 13.8 Å². The number of nitrogens with zero attached hydrogens (tertiary/aromatic N) is 2. The van der Waals surface area contributed by atoms with Gasteiger partial charge in [0.15, 0.2) is 0 Å². The van der Waals surface area contributed by atoms with Gasteiger partial charge in [0.1, 0.15) is 12.4 Å². The number of aryl methyl sites for hydroxylation is 1. The molecule has 1 aromatic heterocycles. The van der Waals surface area contributed by atoms with Gasteiger partial charge in [0.25, 0.3) is 6.43 Å². The van der Waals surface area contributed by atoms with E-state index in [9.17, 15) is 8.78 Å². The number of aromatic nitrogens is 2. The Morgan fingerprint density at radius 3 is 2.82 bits per heavy atom. The zero-order valence-electron chi connectivity index (χ0n) is 10.2. The maximum absolute atomic E-state index is 11.9. The fourth-order valence-electron chi connectivity index (χ4n) is 1.66. The minimum atomic E-state index is -2.40. The molecule has 4 nitrogen and oxygen atoms in total. The van der Waals surface area contributed by atoms with Gasteiger partial charge in [0.05, 0.1) is 6.04 Å². The standard InChI is InChI=1S/C11H19F2N3O/c1-3-14-9(4-7-17-8-10(12)13)11-15-5-6-16(11)2/h5-6,9-10,14H,3-4,7-8H2,1-2H3. The second-order valence-corrected chi connectivity index (χ2v) is 3.76. The van der Waals surface area contributed by atoms with Crippen LogP contribution in [0.25, 0.3) is 0 Å². The number of rotatable bonds is 8. The summed E-state index contributed by atoms with van der Waals surface area (Å²) >= 11 is 0. The summed E-state index contributed by atoms with van der Waals surface area (Å²) in [4.78, 5) is 4.25. The predicted octanol–water partition coefficient (Wildman–Crippen LogP) is 1.74. The van der Waals surface area contributed by atoms with Crippen LogP contribution in [-0.4, -0.2) is 35.7 Å². The summed E-state index contributed by atoms with van der Waals surface area (Å²) < 4.78 is 30.6. The molecule has 0 aromatic carbocycles. The van der Waals surface area contributed by atoms with Crippen molar-refractivity contribution < 1.29 is 13.5 Å². The van der Waals surface area contributed by atoms with Gasteiger partial charge in [-0.2, -0.15) is 0 Å². The van der Waals surface area contributed by atoms with Gasteiger partial charge >= 0.3 is 0 Å². The van der Waals surface area contributed by atoms with E-state index in [1.54, 1.807) is 6.20 Å². The van der Waals surface area contributed by atoms with Crippen LogP contribution >= 0.6 is 0 Å². The average molecular weight is 247 g/mol. The fraction of sp³-hybridized carbons (Fsp3) is 0.727. The van der Waals surface area contributed by atoms with Crippen LogP contribution in [0.2, 0.25) is 0 Å². The predicted molar refractivity (Wildman–Crippen MR) is 61.1 cm³/mol. The van der Waals surface area contributed by atoms with Crippen LogP contribution in [0.15, 0.2) is 12.4 Å². The highest BCUT2D eigenvalue weighted by atomic mass is 19.3. The summed E-state index contributed by atoms with van der Waals surface area (Å²) in [6.45, 7) is 2.59. The zero-order chi connectivity index (χ0) is 12.7. The van der Waals surface area contributed by atoms with Crippen LogP contribution in [0.5, 0.6) is 0 Å². The van der Waals surface area contributed by atoms with Gasteiger partial charge in [-0.15, -0.1) is 0 Å². The second kappa shape index (κ2) is 7.34. The largest absolute Gasteiger partial charge is 0.375 e. The molecule has 0 amide bonds. The molecule has 0 aliphatic rings. The zero-order valence-corrected chi connectivity index (χ0v) is 10.2. The number of nitrogens with one attached hydrogen (secondary N) is 1. The van der Waals surface area contributed by atoms with E-state index in [4.69, 9.17) is 4.74 Å². The number of hydrogen-bond donors (Lipinski definition) is 1. The van der Waals surface area contributed by atoms with E-state index in [0.29, 0.717) is 13.0 Å². The summed E-state index contributed by atoms with van der Waals surface area (Å²) in [7, 11) is 1.91. The van der Waals surface area contributed by atoms with Gasteiger partial charge in [0.2, 0.25) is 0 Å². The van der Waals surface area contributed by atoms with Crippen LogP contribution in [0, 0.1) is 0 Å². The second-order valence-electron chi connectivity index (χ2n) is 3.76. The van der Waals surface area contributed by atoms with Crippen LogP contribution in [0.4, 0.5) is 8.78 Å². The Hall–Kier alpha value is -1.01. The molecule has 0 bridgehead atoms. The third-order valence-corrected chi connectivity index (χ3v) is 2.42. The van der Waals surface area contributed by atoms with Crippen LogP contribution in [0.1, 0.15) is 25.2 Å². The molecule has 17 heavy (non-hydrogen) atoms. The topological polar surface area (TPSA) is 39.1 Å². The lowest BCUT2D eigenvalue weighted by molar-refractivity contribution is 0.0141. The lowest BCUT2D eigenvalue weighted by Crippen LogP contribution is -2.25. The molecular weight excluding hydrogens is 228 g/mol. The monoisotopic (exact) mass is 247 g/mol. The van der Waals surface area contributed by atoms with Gasteiger partial charge in [0, 0.05) is 26.0 Å². The van der Waals surface area contributed by atoms with Crippen LogP contribution in [0.3, 0.4) is 0 Å². The van der Waals surface area contributed by atoms with Crippen molar-refractivity contribution in [1.29, 1.82) is 0 Å². The summed E-state index contributed by atoms with van der Waals surface area (Å²) in [5.41, 5.74) is 0. The van der Waals surface area contributed by atoms with Crippen molar-refractivity contribution in [2.75, 3.05) is 19.8 Å². The highest BCUT2D eigenvalue weighted by molar-refractivity contribution is 4.98.